The summed E-state index contributed by atoms with van der Waals surface area (Å²) in [6.07, 6.45) is 2.28. The second kappa shape index (κ2) is 9.33. The van der Waals surface area contributed by atoms with Crippen LogP contribution in [0.25, 0.3) is 0 Å². The molecule has 1 nitrogen and oxygen atoms in total. The van der Waals surface area contributed by atoms with Crippen LogP contribution in [0, 0.1) is 0 Å². The van der Waals surface area contributed by atoms with Crippen molar-refractivity contribution >= 4 is 29.2 Å². The molecule has 0 N–H and O–H groups in total. The van der Waals surface area contributed by atoms with E-state index in [1.54, 1.807) is 0 Å². The number of thiol groups is 1. The number of thiocarbonyl (C=S) groups is 1. The van der Waals surface area contributed by atoms with Crippen LogP contribution in [0.1, 0.15) is 26.7 Å². The second-order valence-electron chi connectivity index (χ2n) is 2.27. The molecule has 0 atom stereocenters. The number of hydrogen-bond acceptors (Lipinski definition) is 1. The van der Waals surface area contributed by atoms with Crippen LogP contribution in [-0.4, -0.2) is 22.3 Å². The van der Waals surface area contributed by atoms with Gasteiger partial charge in [-0.2, -0.15) is 0 Å². The molecule has 60 valence electrons. The average Bonchev–Trinajstić information content (AvgIpc) is 1.87. The molecule has 0 saturated carbocycles. The van der Waals surface area contributed by atoms with Crippen LogP contribution >= 0.6 is 24.8 Å². The van der Waals surface area contributed by atoms with Crippen molar-refractivity contribution in [3.05, 3.63) is 0 Å². The summed E-state index contributed by atoms with van der Waals surface area (Å²) in [7, 11) is 0. The first kappa shape index (κ1) is 14.7. The maximum Gasteiger partial charge on any atom is 1.00 e. The van der Waals surface area contributed by atoms with Gasteiger partial charge in [-0.15, -0.1) is 12.6 Å². The molecule has 0 bridgehead atoms. The van der Waals surface area contributed by atoms with Crippen molar-refractivity contribution in [3.8, 4) is 0 Å². The van der Waals surface area contributed by atoms with Crippen LogP contribution in [0.4, 0.5) is 0 Å². The molecule has 4 heteroatoms. The Kier molecular flexibility index (Phi) is 12.5. The Bertz CT molecular complexity index is 103. The van der Waals surface area contributed by atoms with Crippen molar-refractivity contribution < 1.29 is 29.6 Å². The van der Waals surface area contributed by atoms with Gasteiger partial charge in [0.2, 0.25) is 0 Å². The normalized spacial score (nSPS) is 8.64. The monoisotopic (exact) mass is 200 g/mol. The molecule has 0 rings (SSSR count). The summed E-state index contributed by atoms with van der Waals surface area (Å²) in [5.74, 6) is 0. The fourth-order valence-corrected chi connectivity index (χ4v) is 1.23. The number of hydrogen-bond donors (Lipinski definition) is 1. The van der Waals surface area contributed by atoms with Crippen LogP contribution in [0.2, 0.25) is 0 Å². The van der Waals surface area contributed by atoms with E-state index in [0.717, 1.165) is 30.3 Å². The Morgan fingerprint density at radius 3 is 1.82 bits per heavy atom. The van der Waals surface area contributed by atoms with E-state index in [1.165, 1.54) is 0 Å². The van der Waals surface area contributed by atoms with Gasteiger partial charge in [0.25, 0.3) is 0 Å². The number of nitrogens with zero attached hydrogens (tertiary/aromatic N) is 1. The van der Waals surface area contributed by atoms with Crippen molar-refractivity contribution in [2.45, 2.75) is 26.7 Å². The van der Waals surface area contributed by atoms with E-state index in [1.807, 2.05) is 0 Å². The zero-order valence-corrected chi connectivity index (χ0v) is 11.3. The maximum atomic E-state index is 4.94. The standard InChI is InChI=1S/C7H15NS2.Na/c1-3-5-8(6-4-2)7(9)10;/h3-6H2,1-2H3,(H,9,10);/q;+1. The third-order valence-corrected chi connectivity index (χ3v) is 1.80. The van der Waals surface area contributed by atoms with E-state index < -0.39 is 0 Å². The van der Waals surface area contributed by atoms with Crippen molar-refractivity contribution in [3.63, 3.8) is 0 Å². The Morgan fingerprint density at radius 2 is 1.64 bits per heavy atom. The van der Waals surface area contributed by atoms with Gasteiger partial charge in [0.05, 0.1) is 0 Å². The first-order chi connectivity index (χ1) is 4.72. The molecule has 0 aliphatic carbocycles. The summed E-state index contributed by atoms with van der Waals surface area (Å²) in [5.41, 5.74) is 0. The topological polar surface area (TPSA) is 3.24 Å². The molecule has 11 heavy (non-hydrogen) atoms. The first-order valence-corrected chi connectivity index (χ1v) is 4.55. The van der Waals surface area contributed by atoms with Gasteiger partial charge in [-0.1, -0.05) is 26.1 Å². The maximum absolute atomic E-state index is 4.94. The van der Waals surface area contributed by atoms with Crippen LogP contribution in [0.5, 0.6) is 0 Å². The zero-order chi connectivity index (χ0) is 7.98. The predicted molar refractivity (Wildman–Crippen MR) is 53.7 cm³/mol. The molecule has 0 aromatic rings. The molecule has 0 aliphatic heterocycles. The molecule has 0 spiro atoms. The fourth-order valence-electron chi connectivity index (χ4n) is 0.843. The van der Waals surface area contributed by atoms with E-state index >= 15 is 0 Å². The molecular weight excluding hydrogens is 185 g/mol. The molecule has 0 amide bonds. The molecule has 0 heterocycles. The smallest absolute Gasteiger partial charge is 0.358 e. The Hall–Kier alpha value is 1.24. The molecular formula is C7H15NNaS2+. The van der Waals surface area contributed by atoms with Crippen LogP contribution in [0.15, 0.2) is 0 Å². The summed E-state index contributed by atoms with van der Waals surface area (Å²) >= 11 is 9.06. The van der Waals surface area contributed by atoms with E-state index in [2.05, 4.69) is 31.4 Å². The third-order valence-electron chi connectivity index (χ3n) is 1.26. The third kappa shape index (κ3) is 7.60. The zero-order valence-electron chi connectivity index (χ0n) is 7.63. The van der Waals surface area contributed by atoms with Crippen molar-refractivity contribution in [2.24, 2.45) is 0 Å². The largest absolute Gasteiger partial charge is 1.00 e. The van der Waals surface area contributed by atoms with Crippen LogP contribution < -0.4 is 29.6 Å². The minimum Gasteiger partial charge on any atom is -0.358 e. The van der Waals surface area contributed by atoms with Crippen molar-refractivity contribution in [1.29, 1.82) is 0 Å². The quantitative estimate of drug-likeness (QED) is 0.364. The van der Waals surface area contributed by atoms with E-state index in [4.69, 9.17) is 12.2 Å². The van der Waals surface area contributed by atoms with Gasteiger partial charge < -0.3 is 4.90 Å². The SMILES string of the molecule is CCCN(CCC)C(=S)S.[Na+]. The van der Waals surface area contributed by atoms with Crippen LogP contribution in [-0.2, 0) is 0 Å². The summed E-state index contributed by atoms with van der Waals surface area (Å²) in [6, 6.07) is 0. The van der Waals surface area contributed by atoms with Gasteiger partial charge in [0.1, 0.15) is 4.32 Å². The Balaban J connectivity index is 0. The molecule has 0 fully saturated rings. The van der Waals surface area contributed by atoms with Gasteiger partial charge in [-0.25, -0.2) is 0 Å². The molecule has 0 unspecified atom stereocenters. The average molecular weight is 200 g/mol. The van der Waals surface area contributed by atoms with Gasteiger partial charge in [0, 0.05) is 13.1 Å². The van der Waals surface area contributed by atoms with E-state index in [0.29, 0.717) is 0 Å². The summed E-state index contributed by atoms with van der Waals surface area (Å²) in [4.78, 5) is 2.12. The molecule has 0 aromatic heterocycles. The summed E-state index contributed by atoms with van der Waals surface area (Å²) in [6.45, 7) is 6.37. The Labute approximate surface area is 103 Å². The first-order valence-electron chi connectivity index (χ1n) is 3.70. The fraction of sp³-hybridized carbons (Fsp3) is 0.857. The minimum absolute atomic E-state index is 0. The van der Waals surface area contributed by atoms with Crippen LogP contribution in [0.3, 0.4) is 0 Å². The van der Waals surface area contributed by atoms with Gasteiger partial charge in [-0.3, -0.25) is 0 Å². The Morgan fingerprint density at radius 1 is 1.27 bits per heavy atom. The summed E-state index contributed by atoms with van der Waals surface area (Å²) in [5, 5.41) is 0. The van der Waals surface area contributed by atoms with Gasteiger partial charge >= 0.3 is 29.6 Å². The van der Waals surface area contributed by atoms with E-state index in [-0.39, 0.29) is 29.6 Å². The van der Waals surface area contributed by atoms with Crippen molar-refractivity contribution in [1.82, 2.24) is 4.90 Å². The molecule has 0 aliphatic rings. The van der Waals surface area contributed by atoms with Crippen molar-refractivity contribution in [2.75, 3.05) is 13.1 Å². The summed E-state index contributed by atoms with van der Waals surface area (Å²) < 4.78 is 0.726. The van der Waals surface area contributed by atoms with Gasteiger partial charge in [0.15, 0.2) is 0 Å². The van der Waals surface area contributed by atoms with E-state index in [9.17, 15) is 0 Å². The number of rotatable bonds is 4. The van der Waals surface area contributed by atoms with Gasteiger partial charge in [-0.05, 0) is 12.8 Å². The minimum atomic E-state index is 0. The predicted octanol–water partition coefficient (Wildman–Crippen LogP) is -0.673. The molecule has 0 aromatic carbocycles. The second-order valence-corrected chi connectivity index (χ2v) is 3.38. The molecule has 0 saturated heterocycles. The molecule has 0 radical (unpaired) electrons.